The van der Waals surface area contributed by atoms with Gasteiger partial charge < -0.3 is 4.57 Å². The number of aryl methyl sites for hydroxylation is 1. The Morgan fingerprint density at radius 3 is 3.09 bits per heavy atom. The first kappa shape index (κ1) is 15.5. The third-order valence-corrected chi connectivity index (χ3v) is 5.70. The molecule has 8 heteroatoms. The van der Waals surface area contributed by atoms with E-state index in [2.05, 4.69) is 14.3 Å². The molecule has 0 amide bonds. The van der Waals surface area contributed by atoms with Crippen LogP contribution in [0.1, 0.15) is 12.2 Å². The summed E-state index contributed by atoms with van der Waals surface area (Å²) in [4.78, 5) is 4.02. The number of halogens is 2. The van der Waals surface area contributed by atoms with Crippen molar-refractivity contribution in [2.45, 2.75) is 24.3 Å². The van der Waals surface area contributed by atoms with Crippen molar-refractivity contribution >= 4 is 21.6 Å². The highest BCUT2D eigenvalue weighted by atomic mass is 35.5. The second kappa shape index (κ2) is 5.98. The lowest BCUT2D eigenvalue weighted by atomic mass is 9.98. The van der Waals surface area contributed by atoms with Gasteiger partial charge in [-0.2, -0.15) is 0 Å². The number of rotatable bonds is 4. The maximum absolute atomic E-state index is 13.2. The van der Waals surface area contributed by atoms with Crippen LogP contribution in [0.5, 0.6) is 0 Å². The van der Waals surface area contributed by atoms with Gasteiger partial charge in [0.15, 0.2) is 0 Å². The van der Waals surface area contributed by atoms with E-state index in [4.69, 9.17) is 11.6 Å². The maximum Gasteiger partial charge on any atom is 0.242 e. The van der Waals surface area contributed by atoms with Crippen LogP contribution in [-0.2, 0) is 23.0 Å². The second-order valence-corrected chi connectivity index (χ2v) is 7.46. The third-order valence-electron chi connectivity index (χ3n) is 3.80. The third kappa shape index (κ3) is 3.16. The number of hydrogen-bond acceptors (Lipinski definition) is 3. The molecule has 1 unspecified atom stereocenters. The molecule has 0 saturated heterocycles. The topological polar surface area (TPSA) is 64.0 Å². The summed E-state index contributed by atoms with van der Waals surface area (Å²) < 4.78 is 42.3. The smallest absolute Gasteiger partial charge is 0.242 e. The Bertz CT molecular complexity index is 791. The highest BCUT2D eigenvalue weighted by molar-refractivity contribution is 7.89. The average Bonchev–Trinajstić information content (AvgIpc) is 2.95. The van der Waals surface area contributed by atoms with E-state index < -0.39 is 15.8 Å². The number of nitrogens with zero attached hydrogens (tertiary/aromatic N) is 2. The molecule has 22 heavy (non-hydrogen) atoms. The van der Waals surface area contributed by atoms with Gasteiger partial charge in [-0.3, -0.25) is 0 Å². The van der Waals surface area contributed by atoms with E-state index in [1.54, 1.807) is 6.20 Å². The molecule has 0 spiro atoms. The van der Waals surface area contributed by atoms with Crippen LogP contribution >= 0.6 is 11.6 Å². The predicted octanol–water partition coefficient (Wildman–Crippen LogP) is 2.22. The molecule has 1 N–H and O–H groups in total. The predicted molar refractivity (Wildman–Crippen MR) is 80.6 cm³/mol. The van der Waals surface area contributed by atoms with Gasteiger partial charge in [0.25, 0.3) is 0 Å². The van der Waals surface area contributed by atoms with E-state index >= 15 is 0 Å². The Kier molecular flexibility index (Phi) is 4.20. The van der Waals surface area contributed by atoms with Crippen LogP contribution in [-0.4, -0.2) is 24.5 Å². The minimum atomic E-state index is -3.83. The van der Waals surface area contributed by atoms with Gasteiger partial charge in [-0.15, -0.1) is 0 Å². The van der Waals surface area contributed by atoms with E-state index in [-0.39, 0.29) is 22.4 Å². The van der Waals surface area contributed by atoms with Gasteiger partial charge >= 0.3 is 0 Å². The fraction of sp³-hybridized carbons (Fsp3) is 0.357. The molecule has 0 radical (unpaired) electrons. The molecule has 1 aliphatic rings. The number of benzene rings is 1. The Hall–Kier alpha value is -1.44. The minimum absolute atomic E-state index is 0.00749. The first-order valence-electron chi connectivity index (χ1n) is 6.90. The Morgan fingerprint density at radius 1 is 1.45 bits per heavy atom. The molecule has 1 atom stereocenters. The lowest BCUT2D eigenvalue weighted by Gasteiger charge is -2.23. The van der Waals surface area contributed by atoms with Gasteiger partial charge in [0.2, 0.25) is 10.0 Å². The molecule has 118 valence electrons. The standard InChI is InChI=1S/C14H15ClFN3O2S/c15-12-2-1-11(16)8-13(12)22(20,21)18-9-10-3-5-19-6-4-17-14(19)7-10/h1-2,4,6,8,10,18H,3,5,7,9H2. The van der Waals surface area contributed by atoms with E-state index in [0.29, 0.717) is 6.42 Å². The van der Waals surface area contributed by atoms with Gasteiger partial charge in [-0.25, -0.2) is 22.5 Å². The minimum Gasteiger partial charge on any atom is -0.335 e. The molecular weight excluding hydrogens is 329 g/mol. The molecule has 2 aromatic rings. The summed E-state index contributed by atoms with van der Waals surface area (Å²) >= 11 is 5.86. The Labute approximate surface area is 133 Å². The van der Waals surface area contributed by atoms with Crippen LogP contribution in [0.15, 0.2) is 35.5 Å². The van der Waals surface area contributed by atoms with E-state index in [1.165, 1.54) is 6.07 Å². The number of sulfonamides is 1. The number of nitrogens with one attached hydrogen (secondary N) is 1. The maximum atomic E-state index is 13.2. The number of hydrogen-bond donors (Lipinski definition) is 1. The van der Waals surface area contributed by atoms with Crippen LogP contribution in [0.3, 0.4) is 0 Å². The number of imidazole rings is 1. The van der Waals surface area contributed by atoms with Crippen molar-refractivity contribution in [1.82, 2.24) is 14.3 Å². The first-order valence-corrected chi connectivity index (χ1v) is 8.76. The lowest BCUT2D eigenvalue weighted by molar-refractivity contribution is 0.379. The van der Waals surface area contributed by atoms with Gasteiger partial charge in [-0.05, 0) is 30.5 Å². The second-order valence-electron chi connectivity index (χ2n) is 5.32. The molecule has 0 saturated carbocycles. The Balaban J connectivity index is 1.69. The molecule has 5 nitrogen and oxygen atoms in total. The number of aromatic nitrogens is 2. The van der Waals surface area contributed by atoms with Crippen LogP contribution in [0.4, 0.5) is 4.39 Å². The highest BCUT2D eigenvalue weighted by Crippen LogP contribution is 2.23. The summed E-state index contributed by atoms with van der Waals surface area (Å²) in [6.45, 7) is 1.10. The molecule has 1 aromatic heterocycles. The van der Waals surface area contributed by atoms with Crippen LogP contribution < -0.4 is 4.72 Å². The van der Waals surface area contributed by atoms with Crippen molar-refractivity contribution < 1.29 is 12.8 Å². The molecule has 1 aliphatic heterocycles. The summed E-state index contributed by atoms with van der Waals surface area (Å²) in [6.07, 6.45) is 5.24. The van der Waals surface area contributed by atoms with Crippen LogP contribution in [0.2, 0.25) is 5.02 Å². The van der Waals surface area contributed by atoms with Crippen molar-refractivity contribution in [3.63, 3.8) is 0 Å². The fourth-order valence-corrected chi connectivity index (χ4v) is 4.20. The zero-order valence-electron chi connectivity index (χ0n) is 11.7. The summed E-state index contributed by atoms with van der Waals surface area (Å²) in [6, 6.07) is 3.30. The summed E-state index contributed by atoms with van der Waals surface area (Å²) in [5.74, 6) is 0.487. The van der Waals surface area contributed by atoms with Crippen LogP contribution in [0.25, 0.3) is 0 Å². The quantitative estimate of drug-likeness (QED) is 0.925. The molecule has 0 fully saturated rings. The average molecular weight is 344 g/mol. The molecule has 0 bridgehead atoms. The number of fused-ring (bicyclic) bond motifs is 1. The van der Waals surface area contributed by atoms with E-state index in [1.807, 2.05) is 6.20 Å². The first-order chi connectivity index (χ1) is 10.5. The normalized spacial score (nSPS) is 18.2. The van der Waals surface area contributed by atoms with Crippen molar-refractivity contribution in [2.24, 2.45) is 5.92 Å². The molecular formula is C14H15ClFN3O2S. The Morgan fingerprint density at radius 2 is 2.27 bits per heavy atom. The van der Waals surface area contributed by atoms with E-state index in [9.17, 15) is 12.8 Å². The largest absolute Gasteiger partial charge is 0.335 e. The van der Waals surface area contributed by atoms with Gasteiger partial charge in [0.1, 0.15) is 16.5 Å². The zero-order chi connectivity index (χ0) is 15.7. The summed E-state index contributed by atoms with van der Waals surface area (Å²) in [5, 5.41) is 0.00749. The van der Waals surface area contributed by atoms with Crippen molar-refractivity contribution in [3.05, 3.63) is 47.3 Å². The molecule has 1 aromatic carbocycles. The van der Waals surface area contributed by atoms with Crippen molar-refractivity contribution in [2.75, 3.05) is 6.54 Å². The van der Waals surface area contributed by atoms with Crippen LogP contribution in [0, 0.1) is 11.7 Å². The lowest BCUT2D eigenvalue weighted by Crippen LogP contribution is -2.33. The SMILES string of the molecule is O=S(=O)(NCC1CCn2ccnc2C1)c1cc(F)ccc1Cl. The fourth-order valence-electron chi connectivity index (χ4n) is 2.58. The van der Waals surface area contributed by atoms with Gasteiger partial charge in [-0.1, -0.05) is 11.6 Å². The van der Waals surface area contributed by atoms with Gasteiger partial charge in [0.05, 0.1) is 5.02 Å². The molecule has 3 rings (SSSR count). The van der Waals surface area contributed by atoms with Crippen molar-refractivity contribution in [1.29, 1.82) is 0 Å². The monoisotopic (exact) mass is 343 g/mol. The van der Waals surface area contributed by atoms with Gasteiger partial charge in [0, 0.05) is 31.9 Å². The van der Waals surface area contributed by atoms with Crippen molar-refractivity contribution in [3.8, 4) is 0 Å². The molecule has 0 aliphatic carbocycles. The highest BCUT2D eigenvalue weighted by Gasteiger charge is 2.23. The summed E-state index contributed by atoms with van der Waals surface area (Å²) in [5.41, 5.74) is 0. The molecule has 2 heterocycles. The zero-order valence-corrected chi connectivity index (χ0v) is 13.2. The van der Waals surface area contributed by atoms with E-state index in [0.717, 1.165) is 30.9 Å². The summed E-state index contributed by atoms with van der Waals surface area (Å²) in [7, 11) is -3.83.